The Morgan fingerprint density at radius 3 is 2.64 bits per heavy atom. The summed E-state index contributed by atoms with van der Waals surface area (Å²) in [5.41, 5.74) is 8.30. The highest BCUT2D eigenvalue weighted by Gasteiger charge is 2.23. The fourth-order valence-corrected chi connectivity index (χ4v) is 3.56. The lowest BCUT2D eigenvalue weighted by molar-refractivity contribution is 0.195. The highest BCUT2D eigenvalue weighted by Crippen LogP contribution is 2.29. The molecule has 0 radical (unpaired) electrons. The van der Waals surface area contributed by atoms with Gasteiger partial charge < -0.3 is 20.5 Å². The number of nitrogens with one attached hydrogen (secondary N) is 1. The van der Waals surface area contributed by atoms with E-state index in [0.29, 0.717) is 17.9 Å². The highest BCUT2D eigenvalue weighted by molar-refractivity contribution is 5.78. The molecular weight excluding hydrogens is 314 g/mol. The van der Waals surface area contributed by atoms with Crippen LogP contribution in [0, 0.1) is 0 Å². The van der Waals surface area contributed by atoms with Gasteiger partial charge in [-0.15, -0.1) is 0 Å². The second kappa shape index (κ2) is 7.06. The number of nitrogen functional groups attached to an aromatic ring is 1. The van der Waals surface area contributed by atoms with Crippen LogP contribution in [0.5, 0.6) is 0 Å². The Morgan fingerprint density at radius 2 is 1.84 bits per heavy atom. The zero-order valence-electron chi connectivity index (χ0n) is 14.2. The number of piperidine rings is 1. The lowest BCUT2D eigenvalue weighted by Crippen LogP contribution is -2.37. The fraction of sp³-hybridized carbons (Fsp3) is 0.389. The van der Waals surface area contributed by atoms with E-state index < -0.39 is 0 Å². The number of aromatic nitrogens is 4. The van der Waals surface area contributed by atoms with Gasteiger partial charge in [0.1, 0.15) is 0 Å². The van der Waals surface area contributed by atoms with Crippen LogP contribution in [0.4, 0.5) is 11.9 Å². The number of nitrogens with zero attached hydrogens (tertiary/aromatic N) is 5. The number of hydrogen-bond acceptors (Lipinski definition) is 6. The molecule has 0 saturated carbocycles. The lowest BCUT2D eigenvalue weighted by Gasteiger charge is -2.33. The molecule has 1 fully saturated rings. The molecule has 0 amide bonds. The summed E-state index contributed by atoms with van der Waals surface area (Å²) in [6.45, 7) is 3.97. The summed E-state index contributed by atoms with van der Waals surface area (Å²) in [4.78, 5) is 15.3. The molecule has 0 aliphatic carbocycles. The first-order chi connectivity index (χ1) is 12.3. The van der Waals surface area contributed by atoms with Crippen LogP contribution in [0.25, 0.3) is 11.0 Å². The summed E-state index contributed by atoms with van der Waals surface area (Å²) in [6, 6.07) is 10.4. The van der Waals surface area contributed by atoms with E-state index in [1.54, 1.807) is 12.4 Å². The van der Waals surface area contributed by atoms with Crippen molar-refractivity contribution in [3.8, 4) is 0 Å². The summed E-state index contributed by atoms with van der Waals surface area (Å²) in [5, 5.41) is 3.26. The van der Waals surface area contributed by atoms with Gasteiger partial charge in [0.2, 0.25) is 11.9 Å². The van der Waals surface area contributed by atoms with Crippen molar-refractivity contribution in [2.75, 3.05) is 37.2 Å². The number of nitrogens with two attached hydrogens (primary N) is 1. The Balaban J connectivity index is 1.33. The predicted molar refractivity (Wildman–Crippen MR) is 99.4 cm³/mol. The molecular formula is C18H23N7. The van der Waals surface area contributed by atoms with Gasteiger partial charge in [-0.2, -0.15) is 0 Å². The minimum Gasteiger partial charge on any atom is -0.369 e. The van der Waals surface area contributed by atoms with Crippen molar-refractivity contribution in [2.45, 2.75) is 18.9 Å². The molecule has 3 heterocycles. The van der Waals surface area contributed by atoms with Gasteiger partial charge >= 0.3 is 0 Å². The molecule has 0 atom stereocenters. The first kappa shape index (κ1) is 15.8. The molecule has 3 aromatic rings. The topological polar surface area (TPSA) is 84.9 Å². The number of para-hydroxylation sites is 2. The van der Waals surface area contributed by atoms with Crippen molar-refractivity contribution in [2.24, 2.45) is 0 Å². The van der Waals surface area contributed by atoms with Crippen LogP contribution < -0.4 is 11.1 Å². The molecule has 7 heteroatoms. The number of benzene rings is 1. The second-order valence-electron chi connectivity index (χ2n) is 6.40. The van der Waals surface area contributed by atoms with E-state index >= 15 is 0 Å². The molecule has 1 aliphatic heterocycles. The molecule has 7 nitrogen and oxygen atoms in total. The molecule has 1 aromatic carbocycles. The molecule has 2 aromatic heterocycles. The number of rotatable bonds is 5. The monoisotopic (exact) mass is 337 g/mol. The molecule has 0 bridgehead atoms. The summed E-state index contributed by atoms with van der Waals surface area (Å²) < 4.78 is 2.21. The Labute approximate surface area is 146 Å². The Kier molecular flexibility index (Phi) is 4.47. The molecule has 1 aliphatic rings. The molecule has 25 heavy (non-hydrogen) atoms. The van der Waals surface area contributed by atoms with Crippen LogP contribution in [0.2, 0.25) is 0 Å². The van der Waals surface area contributed by atoms with Crippen molar-refractivity contribution in [1.82, 2.24) is 24.4 Å². The van der Waals surface area contributed by atoms with Crippen molar-refractivity contribution in [3.63, 3.8) is 0 Å². The summed E-state index contributed by atoms with van der Waals surface area (Å²) in [7, 11) is 0. The summed E-state index contributed by atoms with van der Waals surface area (Å²) in [5.74, 6) is 1.32. The SMILES string of the molecule is Nc1nc2ccccc2n1C1CCN(CCNc2ncccn2)CC1. The molecule has 0 spiro atoms. The number of hydrogen-bond donors (Lipinski definition) is 2. The van der Waals surface area contributed by atoms with E-state index in [2.05, 4.69) is 35.8 Å². The van der Waals surface area contributed by atoms with Crippen LogP contribution in [-0.4, -0.2) is 50.6 Å². The smallest absolute Gasteiger partial charge is 0.222 e. The maximum absolute atomic E-state index is 6.18. The highest BCUT2D eigenvalue weighted by atomic mass is 15.2. The van der Waals surface area contributed by atoms with Crippen molar-refractivity contribution >= 4 is 22.9 Å². The fourth-order valence-electron chi connectivity index (χ4n) is 3.56. The first-order valence-corrected chi connectivity index (χ1v) is 8.77. The van der Waals surface area contributed by atoms with Crippen molar-refractivity contribution in [3.05, 3.63) is 42.7 Å². The van der Waals surface area contributed by atoms with Gasteiger partial charge in [0.25, 0.3) is 0 Å². The number of imidazole rings is 1. The number of fused-ring (bicyclic) bond motifs is 1. The summed E-state index contributed by atoms with van der Waals surface area (Å²) >= 11 is 0. The zero-order chi connectivity index (χ0) is 17.1. The van der Waals surface area contributed by atoms with Gasteiger partial charge in [0, 0.05) is 44.6 Å². The zero-order valence-corrected chi connectivity index (χ0v) is 14.2. The van der Waals surface area contributed by atoms with Gasteiger partial charge in [0.15, 0.2) is 0 Å². The van der Waals surface area contributed by atoms with Crippen molar-refractivity contribution in [1.29, 1.82) is 0 Å². The van der Waals surface area contributed by atoms with E-state index in [-0.39, 0.29) is 0 Å². The first-order valence-electron chi connectivity index (χ1n) is 8.77. The quantitative estimate of drug-likeness (QED) is 0.742. The number of anilines is 2. The van der Waals surface area contributed by atoms with E-state index in [0.717, 1.165) is 50.1 Å². The largest absolute Gasteiger partial charge is 0.369 e. The van der Waals surface area contributed by atoms with E-state index in [1.165, 1.54) is 0 Å². The third-order valence-corrected chi connectivity index (χ3v) is 4.82. The normalized spacial score (nSPS) is 16.3. The van der Waals surface area contributed by atoms with Crippen LogP contribution in [0.15, 0.2) is 42.7 Å². The maximum atomic E-state index is 6.18. The Hall–Kier alpha value is -2.67. The summed E-state index contributed by atoms with van der Waals surface area (Å²) in [6.07, 6.45) is 5.68. The Bertz CT molecular complexity index is 822. The van der Waals surface area contributed by atoms with Gasteiger partial charge in [0.05, 0.1) is 11.0 Å². The Morgan fingerprint density at radius 1 is 1.08 bits per heavy atom. The maximum Gasteiger partial charge on any atom is 0.222 e. The average Bonchev–Trinajstić information content (AvgIpc) is 2.99. The van der Waals surface area contributed by atoms with E-state index in [9.17, 15) is 0 Å². The van der Waals surface area contributed by atoms with E-state index in [1.807, 2.05) is 24.3 Å². The molecule has 3 N–H and O–H groups in total. The minimum atomic E-state index is 0.425. The van der Waals surface area contributed by atoms with Gasteiger partial charge in [-0.3, -0.25) is 0 Å². The standard InChI is InChI=1S/C18H23N7/c19-17-23-15-4-1-2-5-16(15)25(17)14-6-11-24(12-7-14)13-10-22-18-20-8-3-9-21-18/h1-5,8-9,14H,6-7,10-13H2,(H2,19,23)(H,20,21,22). The van der Waals surface area contributed by atoms with Crippen molar-refractivity contribution < 1.29 is 0 Å². The third kappa shape index (κ3) is 3.41. The molecule has 4 rings (SSSR count). The van der Waals surface area contributed by atoms with Crippen LogP contribution >= 0.6 is 0 Å². The lowest BCUT2D eigenvalue weighted by atomic mass is 10.0. The van der Waals surface area contributed by atoms with E-state index in [4.69, 9.17) is 5.73 Å². The predicted octanol–water partition coefficient (Wildman–Crippen LogP) is 2.16. The van der Waals surface area contributed by atoms with Gasteiger partial charge in [-0.05, 0) is 31.0 Å². The molecule has 1 saturated heterocycles. The van der Waals surface area contributed by atoms with Gasteiger partial charge in [-0.1, -0.05) is 12.1 Å². The third-order valence-electron chi connectivity index (χ3n) is 4.82. The average molecular weight is 337 g/mol. The van der Waals surface area contributed by atoms with Crippen LogP contribution in [0.3, 0.4) is 0 Å². The van der Waals surface area contributed by atoms with Gasteiger partial charge in [-0.25, -0.2) is 15.0 Å². The number of likely N-dealkylation sites (tertiary alicyclic amines) is 1. The van der Waals surface area contributed by atoms with Crippen LogP contribution in [0.1, 0.15) is 18.9 Å². The second-order valence-corrected chi connectivity index (χ2v) is 6.40. The molecule has 0 unspecified atom stereocenters. The minimum absolute atomic E-state index is 0.425. The molecule has 130 valence electrons. The van der Waals surface area contributed by atoms with Crippen LogP contribution in [-0.2, 0) is 0 Å².